The van der Waals surface area contributed by atoms with Crippen molar-refractivity contribution in [3.05, 3.63) is 48.2 Å². The van der Waals surface area contributed by atoms with E-state index in [0.29, 0.717) is 22.2 Å². The highest BCUT2D eigenvalue weighted by Gasteiger charge is 2.18. The zero-order valence-electron chi connectivity index (χ0n) is 12.1. The smallest absolute Gasteiger partial charge is 0.414 e. The molecule has 2 aromatic heterocycles. The summed E-state index contributed by atoms with van der Waals surface area (Å²) in [5.74, 6) is -0.622. The Labute approximate surface area is 126 Å². The van der Waals surface area contributed by atoms with Gasteiger partial charge in [-0.2, -0.15) is 0 Å². The standard InChI is InChI=1S/C16H14N2O4/c1-17(2)16(21)22-10-6-7-11-13(9-10)18-8-4-3-5-12(18)14(11)15(19)20/h3-9H,1-2H3,(H,19,20). The van der Waals surface area contributed by atoms with Crippen LogP contribution in [0.2, 0.25) is 0 Å². The van der Waals surface area contributed by atoms with Crippen LogP contribution in [0.25, 0.3) is 16.4 Å². The monoisotopic (exact) mass is 298 g/mol. The van der Waals surface area contributed by atoms with Crippen LogP contribution in [-0.4, -0.2) is 40.6 Å². The number of carboxylic acids is 1. The molecule has 6 nitrogen and oxygen atoms in total. The number of nitrogens with zero attached hydrogens (tertiary/aromatic N) is 2. The molecule has 6 heteroatoms. The lowest BCUT2D eigenvalue weighted by Crippen LogP contribution is -2.25. The third kappa shape index (κ3) is 2.14. The van der Waals surface area contributed by atoms with E-state index in [0.717, 1.165) is 0 Å². The summed E-state index contributed by atoms with van der Waals surface area (Å²) in [5.41, 5.74) is 1.51. The average Bonchev–Trinajstić information content (AvgIpc) is 2.81. The average molecular weight is 298 g/mol. The molecule has 112 valence electrons. The van der Waals surface area contributed by atoms with Crippen LogP contribution in [-0.2, 0) is 0 Å². The summed E-state index contributed by atoms with van der Waals surface area (Å²) in [6, 6.07) is 10.3. The highest BCUT2D eigenvalue weighted by molar-refractivity contribution is 6.11. The van der Waals surface area contributed by atoms with Crippen molar-refractivity contribution in [3.63, 3.8) is 0 Å². The molecule has 0 unspecified atom stereocenters. The fraction of sp³-hybridized carbons (Fsp3) is 0.125. The van der Waals surface area contributed by atoms with E-state index in [1.54, 1.807) is 55.0 Å². The number of pyridine rings is 1. The highest BCUT2D eigenvalue weighted by atomic mass is 16.6. The van der Waals surface area contributed by atoms with Crippen LogP contribution < -0.4 is 4.74 Å². The predicted molar refractivity (Wildman–Crippen MR) is 81.6 cm³/mol. The molecule has 0 radical (unpaired) electrons. The van der Waals surface area contributed by atoms with Crippen LogP contribution in [0.15, 0.2) is 42.6 Å². The van der Waals surface area contributed by atoms with E-state index in [-0.39, 0.29) is 5.56 Å². The molecule has 3 aromatic rings. The first-order valence-corrected chi connectivity index (χ1v) is 6.64. The highest BCUT2D eigenvalue weighted by Crippen LogP contribution is 2.29. The fourth-order valence-electron chi connectivity index (χ4n) is 2.40. The fourth-order valence-corrected chi connectivity index (χ4v) is 2.40. The second-order valence-electron chi connectivity index (χ2n) is 5.08. The van der Waals surface area contributed by atoms with Gasteiger partial charge < -0.3 is 19.1 Å². The Morgan fingerprint density at radius 1 is 1.14 bits per heavy atom. The third-order valence-corrected chi connectivity index (χ3v) is 3.40. The predicted octanol–water partition coefficient (Wildman–Crippen LogP) is 2.85. The molecular formula is C16H14N2O4. The van der Waals surface area contributed by atoms with Crippen LogP contribution in [0.1, 0.15) is 10.4 Å². The van der Waals surface area contributed by atoms with E-state index < -0.39 is 12.1 Å². The Bertz CT molecular complexity index is 896. The Hall–Kier alpha value is -3.02. The molecule has 0 aliphatic carbocycles. The largest absolute Gasteiger partial charge is 0.478 e. The Morgan fingerprint density at radius 2 is 1.91 bits per heavy atom. The number of carbonyl (C=O) groups is 2. The maximum absolute atomic E-state index is 11.6. The molecule has 22 heavy (non-hydrogen) atoms. The van der Waals surface area contributed by atoms with E-state index in [4.69, 9.17) is 4.74 Å². The van der Waals surface area contributed by atoms with Crippen molar-refractivity contribution in [2.75, 3.05) is 14.1 Å². The Morgan fingerprint density at radius 3 is 2.59 bits per heavy atom. The van der Waals surface area contributed by atoms with Crippen molar-refractivity contribution in [3.8, 4) is 5.75 Å². The number of amides is 1. The summed E-state index contributed by atoms with van der Waals surface area (Å²) in [4.78, 5) is 24.5. The zero-order valence-corrected chi connectivity index (χ0v) is 12.1. The zero-order chi connectivity index (χ0) is 15.9. The number of rotatable bonds is 2. The van der Waals surface area contributed by atoms with E-state index in [1.165, 1.54) is 4.90 Å². The van der Waals surface area contributed by atoms with Gasteiger partial charge in [-0.15, -0.1) is 0 Å². The first kappa shape index (κ1) is 13.9. The number of ether oxygens (including phenoxy) is 1. The summed E-state index contributed by atoms with van der Waals surface area (Å²) in [7, 11) is 3.19. The van der Waals surface area contributed by atoms with Gasteiger partial charge >= 0.3 is 12.1 Å². The van der Waals surface area contributed by atoms with Gasteiger partial charge in [-0.1, -0.05) is 6.07 Å². The second kappa shape index (κ2) is 5.07. The van der Waals surface area contributed by atoms with Crippen molar-refractivity contribution in [2.24, 2.45) is 0 Å². The number of fused-ring (bicyclic) bond motifs is 3. The molecule has 0 atom stereocenters. The topological polar surface area (TPSA) is 71.2 Å². The molecule has 1 amide bonds. The van der Waals surface area contributed by atoms with E-state index >= 15 is 0 Å². The summed E-state index contributed by atoms with van der Waals surface area (Å²) in [5, 5.41) is 10.1. The van der Waals surface area contributed by atoms with Crippen LogP contribution in [0.5, 0.6) is 5.75 Å². The van der Waals surface area contributed by atoms with Crippen molar-refractivity contribution in [1.82, 2.24) is 9.30 Å². The third-order valence-electron chi connectivity index (χ3n) is 3.40. The van der Waals surface area contributed by atoms with Gasteiger partial charge in [0.05, 0.1) is 16.6 Å². The SMILES string of the molecule is CN(C)C(=O)Oc1ccc2c(C(=O)O)c3ccccn3c2c1. The number of carboxylic acid groups (broad SMARTS) is 1. The molecule has 0 spiro atoms. The van der Waals surface area contributed by atoms with Gasteiger partial charge in [0.2, 0.25) is 0 Å². The van der Waals surface area contributed by atoms with Crippen molar-refractivity contribution >= 4 is 28.5 Å². The van der Waals surface area contributed by atoms with Gasteiger partial charge in [-0.25, -0.2) is 9.59 Å². The van der Waals surface area contributed by atoms with Crippen LogP contribution >= 0.6 is 0 Å². The van der Waals surface area contributed by atoms with Crippen molar-refractivity contribution in [1.29, 1.82) is 0 Å². The molecule has 0 aliphatic heterocycles. The lowest BCUT2D eigenvalue weighted by atomic mass is 10.1. The maximum Gasteiger partial charge on any atom is 0.414 e. The number of hydrogen-bond donors (Lipinski definition) is 1. The molecule has 1 N–H and O–H groups in total. The van der Waals surface area contributed by atoms with Crippen molar-refractivity contribution < 1.29 is 19.4 Å². The molecule has 1 aromatic carbocycles. The van der Waals surface area contributed by atoms with E-state index in [9.17, 15) is 14.7 Å². The Balaban J connectivity index is 2.22. The number of carbonyl (C=O) groups excluding carboxylic acids is 1. The van der Waals surface area contributed by atoms with Gasteiger partial charge in [0.15, 0.2) is 0 Å². The quantitative estimate of drug-likeness (QED) is 0.789. The summed E-state index contributed by atoms with van der Waals surface area (Å²) < 4.78 is 7.00. The normalized spacial score (nSPS) is 10.8. The van der Waals surface area contributed by atoms with Crippen molar-refractivity contribution in [2.45, 2.75) is 0 Å². The number of aromatic nitrogens is 1. The Kier molecular flexibility index (Phi) is 3.21. The molecule has 0 aliphatic rings. The van der Waals surface area contributed by atoms with Gasteiger partial charge in [0.25, 0.3) is 0 Å². The summed E-state index contributed by atoms with van der Waals surface area (Å²) in [6.45, 7) is 0. The molecule has 0 saturated carbocycles. The second-order valence-corrected chi connectivity index (χ2v) is 5.08. The summed E-state index contributed by atoms with van der Waals surface area (Å²) >= 11 is 0. The summed E-state index contributed by atoms with van der Waals surface area (Å²) in [6.07, 6.45) is 1.29. The minimum absolute atomic E-state index is 0.237. The van der Waals surface area contributed by atoms with Crippen LogP contribution in [0, 0.1) is 0 Å². The number of hydrogen-bond acceptors (Lipinski definition) is 3. The molecule has 0 saturated heterocycles. The lowest BCUT2D eigenvalue weighted by Gasteiger charge is -2.10. The first-order valence-electron chi connectivity index (χ1n) is 6.64. The van der Waals surface area contributed by atoms with Gasteiger partial charge in [-0.3, -0.25) is 0 Å². The number of benzene rings is 1. The van der Waals surface area contributed by atoms with Crippen LogP contribution in [0.3, 0.4) is 0 Å². The van der Waals surface area contributed by atoms with Gasteiger partial charge in [0, 0.05) is 31.7 Å². The number of aromatic carboxylic acids is 1. The molecule has 2 heterocycles. The molecule has 0 bridgehead atoms. The van der Waals surface area contributed by atoms with E-state index in [2.05, 4.69) is 0 Å². The molecule has 3 rings (SSSR count). The van der Waals surface area contributed by atoms with Crippen LogP contribution in [0.4, 0.5) is 4.79 Å². The molecule has 0 fully saturated rings. The first-order chi connectivity index (χ1) is 10.5. The minimum Gasteiger partial charge on any atom is -0.478 e. The van der Waals surface area contributed by atoms with Gasteiger partial charge in [0.1, 0.15) is 5.75 Å². The van der Waals surface area contributed by atoms with Gasteiger partial charge in [-0.05, 0) is 24.3 Å². The lowest BCUT2D eigenvalue weighted by molar-refractivity contribution is 0.0701. The minimum atomic E-state index is -0.989. The maximum atomic E-state index is 11.6. The molecular weight excluding hydrogens is 284 g/mol. The van der Waals surface area contributed by atoms with E-state index in [1.807, 2.05) is 6.07 Å².